The second-order valence-electron chi connectivity index (χ2n) is 3.75. The molecule has 5 heteroatoms. The summed E-state index contributed by atoms with van der Waals surface area (Å²) in [6.07, 6.45) is -0.682. The highest BCUT2D eigenvalue weighted by Crippen LogP contribution is 2.28. The Morgan fingerprint density at radius 3 is 2.59 bits per heavy atom. The van der Waals surface area contributed by atoms with Crippen molar-refractivity contribution in [3.05, 3.63) is 28.8 Å². The van der Waals surface area contributed by atoms with Gasteiger partial charge in [-0.05, 0) is 32.0 Å². The molecule has 94 valence electrons. The van der Waals surface area contributed by atoms with Crippen molar-refractivity contribution in [1.29, 1.82) is 0 Å². The molecular formula is C12H16ClNO3. The van der Waals surface area contributed by atoms with E-state index in [2.05, 4.69) is 4.74 Å². The predicted octanol–water partition coefficient (Wildman–Crippen LogP) is 2.30. The Morgan fingerprint density at radius 1 is 1.41 bits per heavy atom. The molecule has 0 heterocycles. The number of methoxy groups -OCH3 is 1. The average Bonchev–Trinajstić information content (AvgIpc) is 2.29. The quantitative estimate of drug-likeness (QED) is 0.841. The van der Waals surface area contributed by atoms with Crippen LogP contribution in [0.15, 0.2) is 18.2 Å². The standard InChI is InChI=1S/C12H16ClNO3/c1-7(14)10-6-9(13)4-5-11(10)17-8(2)12(15)16-3/h4-8H,14H2,1-3H3/t7-,8?/m1/s1. The smallest absolute Gasteiger partial charge is 0.346 e. The topological polar surface area (TPSA) is 61.5 Å². The zero-order valence-corrected chi connectivity index (χ0v) is 10.8. The van der Waals surface area contributed by atoms with Gasteiger partial charge in [-0.25, -0.2) is 4.79 Å². The molecule has 0 saturated heterocycles. The molecule has 2 atom stereocenters. The minimum atomic E-state index is -0.682. The first-order valence-corrected chi connectivity index (χ1v) is 5.63. The van der Waals surface area contributed by atoms with Gasteiger partial charge in [-0.15, -0.1) is 0 Å². The van der Waals surface area contributed by atoms with Crippen LogP contribution >= 0.6 is 11.6 Å². The van der Waals surface area contributed by atoms with E-state index in [1.807, 2.05) is 6.92 Å². The molecule has 0 amide bonds. The molecule has 1 aromatic carbocycles. The van der Waals surface area contributed by atoms with Crippen LogP contribution in [-0.4, -0.2) is 19.2 Å². The van der Waals surface area contributed by atoms with Gasteiger partial charge in [0.25, 0.3) is 0 Å². The summed E-state index contributed by atoms with van der Waals surface area (Å²) >= 11 is 5.88. The van der Waals surface area contributed by atoms with Crippen LogP contribution in [0.25, 0.3) is 0 Å². The van der Waals surface area contributed by atoms with Crippen molar-refractivity contribution in [2.24, 2.45) is 5.73 Å². The van der Waals surface area contributed by atoms with E-state index in [0.717, 1.165) is 5.56 Å². The third kappa shape index (κ3) is 3.61. The fraction of sp³-hybridized carbons (Fsp3) is 0.417. The summed E-state index contributed by atoms with van der Waals surface area (Å²) in [5.41, 5.74) is 6.57. The van der Waals surface area contributed by atoms with E-state index >= 15 is 0 Å². The SMILES string of the molecule is COC(=O)C(C)Oc1ccc(Cl)cc1[C@@H](C)N. The monoisotopic (exact) mass is 257 g/mol. The van der Waals surface area contributed by atoms with E-state index in [0.29, 0.717) is 10.8 Å². The minimum absolute atomic E-state index is 0.228. The van der Waals surface area contributed by atoms with Crippen molar-refractivity contribution in [1.82, 2.24) is 0 Å². The number of nitrogens with two attached hydrogens (primary N) is 1. The largest absolute Gasteiger partial charge is 0.479 e. The number of carbonyl (C=O) groups is 1. The first-order chi connectivity index (χ1) is 7.95. The number of hydrogen-bond acceptors (Lipinski definition) is 4. The first kappa shape index (κ1) is 13.8. The van der Waals surface area contributed by atoms with Crippen molar-refractivity contribution >= 4 is 17.6 Å². The second-order valence-corrected chi connectivity index (χ2v) is 4.19. The number of rotatable bonds is 4. The van der Waals surface area contributed by atoms with Crippen LogP contribution in [0.4, 0.5) is 0 Å². The second kappa shape index (κ2) is 5.89. The molecule has 0 aromatic heterocycles. The van der Waals surface area contributed by atoms with Gasteiger partial charge in [-0.1, -0.05) is 11.6 Å². The summed E-state index contributed by atoms with van der Waals surface area (Å²) in [4.78, 5) is 11.3. The molecule has 0 fully saturated rings. The van der Waals surface area contributed by atoms with Crippen molar-refractivity contribution in [2.45, 2.75) is 26.0 Å². The van der Waals surface area contributed by atoms with Crippen LogP contribution in [0.5, 0.6) is 5.75 Å². The van der Waals surface area contributed by atoms with Crippen LogP contribution in [0.2, 0.25) is 5.02 Å². The highest BCUT2D eigenvalue weighted by atomic mass is 35.5. The zero-order valence-electron chi connectivity index (χ0n) is 10.1. The number of ether oxygens (including phenoxy) is 2. The molecule has 0 aliphatic carbocycles. The molecule has 0 bridgehead atoms. The maximum absolute atomic E-state index is 11.3. The van der Waals surface area contributed by atoms with Gasteiger partial charge in [0.15, 0.2) is 6.10 Å². The van der Waals surface area contributed by atoms with Crippen molar-refractivity contribution < 1.29 is 14.3 Å². The number of esters is 1. The molecule has 0 aliphatic heterocycles. The number of benzene rings is 1. The fourth-order valence-corrected chi connectivity index (χ4v) is 1.57. The van der Waals surface area contributed by atoms with E-state index in [9.17, 15) is 4.79 Å². The lowest BCUT2D eigenvalue weighted by Crippen LogP contribution is -2.25. The molecule has 0 spiro atoms. The highest BCUT2D eigenvalue weighted by Gasteiger charge is 2.17. The van der Waals surface area contributed by atoms with E-state index < -0.39 is 12.1 Å². The Bertz CT molecular complexity index is 407. The van der Waals surface area contributed by atoms with Gasteiger partial charge in [-0.2, -0.15) is 0 Å². The lowest BCUT2D eigenvalue weighted by Gasteiger charge is -2.17. The normalized spacial score (nSPS) is 13.9. The van der Waals surface area contributed by atoms with Crippen LogP contribution in [0, 0.1) is 0 Å². The molecule has 17 heavy (non-hydrogen) atoms. The van der Waals surface area contributed by atoms with Gasteiger partial charge < -0.3 is 15.2 Å². The number of carbonyl (C=O) groups excluding carboxylic acids is 1. The molecule has 4 nitrogen and oxygen atoms in total. The summed E-state index contributed by atoms with van der Waals surface area (Å²) in [6.45, 7) is 3.44. The average molecular weight is 258 g/mol. The maximum atomic E-state index is 11.3. The summed E-state index contributed by atoms with van der Waals surface area (Å²) in [5.74, 6) is 0.109. The Balaban J connectivity index is 2.94. The maximum Gasteiger partial charge on any atom is 0.346 e. The Kier molecular flexibility index (Phi) is 4.78. The Hall–Kier alpha value is -1.26. The molecule has 1 aromatic rings. The third-order valence-electron chi connectivity index (χ3n) is 2.30. The molecule has 0 saturated carbocycles. The lowest BCUT2D eigenvalue weighted by molar-refractivity contribution is -0.147. The van der Waals surface area contributed by atoms with Gasteiger partial charge in [0, 0.05) is 16.6 Å². The Morgan fingerprint density at radius 2 is 2.06 bits per heavy atom. The fourth-order valence-electron chi connectivity index (χ4n) is 1.39. The summed E-state index contributed by atoms with van der Waals surface area (Å²) in [6, 6.07) is 4.88. The predicted molar refractivity (Wildman–Crippen MR) is 66.2 cm³/mol. The molecule has 1 rings (SSSR count). The molecule has 0 aliphatic rings. The van der Waals surface area contributed by atoms with Gasteiger partial charge in [0.2, 0.25) is 0 Å². The van der Waals surface area contributed by atoms with E-state index in [4.69, 9.17) is 22.1 Å². The zero-order chi connectivity index (χ0) is 13.0. The van der Waals surface area contributed by atoms with E-state index in [-0.39, 0.29) is 6.04 Å². The van der Waals surface area contributed by atoms with Crippen LogP contribution in [0.3, 0.4) is 0 Å². The number of hydrogen-bond donors (Lipinski definition) is 1. The van der Waals surface area contributed by atoms with Gasteiger partial charge >= 0.3 is 5.97 Å². The van der Waals surface area contributed by atoms with Gasteiger partial charge in [-0.3, -0.25) is 0 Å². The van der Waals surface area contributed by atoms with Gasteiger partial charge in [0.05, 0.1) is 7.11 Å². The highest BCUT2D eigenvalue weighted by molar-refractivity contribution is 6.30. The van der Waals surface area contributed by atoms with Crippen LogP contribution in [0.1, 0.15) is 25.5 Å². The lowest BCUT2D eigenvalue weighted by atomic mass is 10.1. The van der Waals surface area contributed by atoms with E-state index in [1.54, 1.807) is 25.1 Å². The summed E-state index contributed by atoms with van der Waals surface area (Å²) < 4.78 is 10.1. The van der Waals surface area contributed by atoms with Crippen LogP contribution in [-0.2, 0) is 9.53 Å². The van der Waals surface area contributed by atoms with Crippen molar-refractivity contribution in [2.75, 3.05) is 7.11 Å². The Labute approximate surface area is 106 Å². The number of halogens is 1. The van der Waals surface area contributed by atoms with Crippen LogP contribution < -0.4 is 10.5 Å². The molecule has 2 N–H and O–H groups in total. The third-order valence-corrected chi connectivity index (χ3v) is 2.53. The molecule has 0 radical (unpaired) electrons. The molecule has 1 unspecified atom stereocenters. The van der Waals surface area contributed by atoms with E-state index in [1.165, 1.54) is 7.11 Å². The van der Waals surface area contributed by atoms with Gasteiger partial charge in [0.1, 0.15) is 5.75 Å². The summed E-state index contributed by atoms with van der Waals surface area (Å²) in [5, 5.41) is 0.579. The minimum Gasteiger partial charge on any atom is -0.479 e. The van der Waals surface area contributed by atoms with Crippen molar-refractivity contribution in [3.8, 4) is 5.75 Å². The first-order valence-electron chi connectivity index (χ1n) is 5.25. The summed E-state index contributed by atoms with van der Waals surface area (Å²) in [7, 11) is 1.32. The molecular weight excluding hydrogens is 242 g/mol. The van der Waals surface area contributed by atoms with Crippen molar-refractivity contribution in [3.63, 3.8) is 0 Å².